The molecule has 0 aliphatic carbocycles. The minimum atomic E-state index is 0.603. The van der Waals surface area contributed by atoms with Crippen molar-refractivity contribution in [2.24, 2.45) is 0 Å². The van der Waals surface area contributed by atoms with Crippen LogP contribution in [0.3, 0.4) is 0 Å². The molecule has 2 nitrogen and oxygen atoms in total. The second-order valence-electron chi connectivity index (χ2n) is 5.30. The molecule has 0 aromatic heterocycles. The van der Waals surface area contributed by atoms with Crippen LogP contribution in [-0.2, 0) is 6.42 Å². The minimum Gasteiger partial charge on any atom is -0.317 e. The first kappa shape index (κ1) is 15.2. The monoisotopic (exact) mass is 248 g/mol. The standard InChI is InChI=1S/C16H28N2/c1-14(2)18-13-5-12-17-11-4-6-16-9-7-15(3)8-10-16/h7-10,14,17-18H,4-6,11-13H2,1-3H3. The highest BCUT2D eigenvalue weighted by Crippen LogP contribution is 2.05. The Morgan fingerprint density at radius 3 is 2.28 bits per heavy atom. The van der Waals surface area contributed by atoms with Gasteiger partial charge in [0.15, 0.2) is 0 Å². The lowest BCUT2D eigenvalue weighted by Crippen LogP contribution is -2.27. The summed E-state index contributed by atoms with van der Waals surface area (Å²) in [6, 6.07) is 9.47. The lowest BCUT2D eigenvalue weighted by molar-refractivity contribution is 0.544. The Morgan fingerprint density at radius 2 is 1.61 bits per heavy atom. The van der Waals surface area contributed by atoms with Gasteiger partial charge >= 0.3 is 0 Å². The summed E-state index contributed by atoms with van der Waals surface area (Å²) in [5.41, 5.74) is 2.79. The third kappa shape index (κ3) is 7.46. The normalized spacial score (nSPS) is 11.1. The molecule has 0 radical (unpaired) electrons. The maximum Gasteiger partial charge on any atom is 0.00103 e. The summed E-state index contributed by atoms with van der Waals surface area (Å²) in [5.74, 6) is 0. The zero-order chi connectivity index (χ0) is 13.2. The van der Waals surface area contributed by atoms with E-state index in [1.54, 1.807) is 0 Å². The van der Waals surface area contributed by atoms with Crippen molar-refractivity contribution >= 4 is 0 Å². The highest BCUT2D eigenvalue weighted by Gasteiger charge is 1.94. The number of rotatable bonds is 9. The molecule has 0 fully saturated rings. The van der Waals surface area contributed by atoms with E-state index in [2.05, 4.69) is 55.7 Å². The number of hydrogen-bond acceptors (Lipinski definition) is 2. The van der Waals surface area contributed by atoms with Gasteiger partial charge in [-0.15, -0.1) is 0 Å². The van der Waals surface area contributed by atoms with Gasteiger partial charge in [-0.3, -0.25) is 0 Å². The molecule has 0 aliphatic heterocycles. The second kappa shape index (κ2) is 9.12. The van der Waals surface area contributed by atoms with Gasteiger partial charge in [-0.2, -0.15) is 0 Å². The van der Waals surface area contributed by atoms with Crippen LogP contribution in [0, 0.1) is 6.92 Å². The van der Waals surface area contributed by atoms with Crippen molar-refractivity contribution in [3.8, 4) is 0 Å². The Labute approximate surface area is 112 Å². The van der Waals surface area contributed by atoms with Crippen LogP contribution in [0.15, 0.2) is 24.3 Å². The molecule has 2 heteroatoms. The van der Waals surface area contributed by atoms with Gasteiger partial charge in [0.2, 0.25) is 0 Å². The number of nitrogens with one attached hydrogen (secondary N) is 2. The van der Waals surface area contributed by atoms with E-state index < -0.39 is 0 Å². The molecular formula is C16H28N2. The molecule has 0 amide bonds. The summed E-state index contributed by atoms with van der Waals surface area (Å²) < 4.78 is 0. The van der Waals surface area contributed by atoms with Crippen LogP contribution in [0.5, 0.6) is 0 Å². The maximum atomic E-state index is 3.50. The van der Waals surface area contributed by atoms with E-state index in [1.807, 2.05) is 0 Å². The van der Waals surface area contributed by atoms with E-state index in [9.17, 15) is 0 Å². The molecule has 0 atom stereocenters. The summed E-state index contributed by atoms with van der Waals surface area (Å²) >= 11 is 0. The van der Waals surface area contributed by atoms with Gasteiger partial charge in [0, 0.05) is 6.04 Å². The molecule has 102 valence electrons. The van der Waals surface area contributed by atoms with Crippen molar-refractivity contribution in [1.82, 2.24) is 10.6 Å². The second-order valence-corrected chi connectivity index (χ2v) is 5.30. The molecule has 18 heavy (non-hydrogen) atoms. The molecule has 0 aliphatic rings. The molecule has 1 aromatic rings. The molecule has 0 bridgehead atoms. The zero-order valence-electron chi connectivity index (χ0n) is 12.1. The average molecular weight is 248 g/mol. The van der Waals surface area contributed by atoms with E-state index in [0.29, 0.717) is 6.04 Å². The smallest absolute Gasteiger partial charge is 0.00103 e. The SMILES string of the molecule is Cc1ccc(CCCNCCCNC(C)C)cc1. The number of aryl methyl sites for hydroxylation is 2. The Balaban J connectivity index is 1.94. The van der Waals surface area contributed by atoms with Gasteiger partial charge in [0.05, 0.1) is 0 Å². The largest absolute Gasteiger partial charge is 0.317 e. The first-order valence-electron chi connectivity index (χ1n) is 7.18. The van der Waals surface area contributed by atoms with Crippen molar-refractivity contribution in [3.05, 3.63) is 35.4 Å². The van der Waals surface area contributed by atoms with Gasteiger partial charge < -0.3 is 10.6 Å². The molecule has 0 spiro atoms. The third-order valence-electron chi connectivity index (χ3n) is 3.02. The van der Waals surface area contributed by atoms with E-state index >= 15 is 0 Å². The molecule has 0 saturated carbocycles. The van der Waals surface area contributed by atoms with Crippen LogP contribution in [0.4, 0.5) is 0 Å². The molecule has 0 saturated heterocycles. The van der Waals surface area contributed by atoms with E-state index in [4.69, 9.17) is 0 Å². The highest BCUT2D eigenvalue weighted by atomic mass is 14.9. The topological polar surface area (TPSA) is 24.1 Å². The summed E-state index contributed by atoms with van der Waals surface area (Å²) in [6.07, 6.45) is 3.61. The summed E-state index contributed by atoms with van der Waals surface area (Å²) in [4.78, 5) is 0. The van der Waals surface area contributed by atoms with E-state index in [0.717, 1.165) is 19.6 Å². The summed E-state index contributed by atoms with van der Waals surface area (Å²) in [5, 5.41) is 6.93. The van der Waals surface area contributed by atoms with Gasteiger partial charge in [0.25, 0.3) is 0 Å². The molecule has 1 rings (SSSR count). The fraction of sp³-hybridized carbons (Fsp3) is 0.625. The first-order chi connectivity index (χ1) is 8.68. The molecule has 1 aromatic carbocycles. The van der Waals surface area contributed by atoms with Crippen LogP contribution in [0.2, 0.25) is 0 Å². The first-order valence-corrected chi connectivity index (χ1v) is 7.18. The van der Waals surface area contributed by atoms with Crippen molar-refractivity contribution in [1.29, 1.82) is 0 Å². The molecular weight excluding hydrogens is 220 g/mol. The van der Waals surface area contributed by atoms with Gasteiger partial charge in [0.1, 0.15) is 0 Å². The average Bonchev–Trinajstić information content (AvgIpc) is 2.34. The van der Waals surface area contributed by atoms with Crippen molar-refractivity contribution in [2.45, 2.75) is 46.1 Å². The van der Waals surface area contributed by atoms with Crippen molar-refractivity contribution in [2.75, 3.05) is 19.6 Å². The lowest BCUT2D eigenvalue weighted by Gasteiger charge is -2.08. The third-order valence-corrected chi connectivity index (χ3v) is 3.02. The molecule has 0 unspecified atom stereocenters. The van der Waals surface area contributed by atoms with E-state index in [-0.39, 0.29) is 0 Å². The Kier molecular flexibility index (Phi) is 7.70. The summed E-state index contributed by atoms with van der Waals surface area (Å²) in [7, 11) is 0. The van der Waals surface area contributed by atoms with Crippen LogP contribution < -0.4 is 10.6 Å². The van der Waals surface area contributed by atoms with Crippen LogP contribution in [0.1, 0.15) is 37.8 Å². The van der Waals surface area contributed by atoms with Crippen LogP contribution in [0.25, 0.3) is 0 Å². The van der Waals surface area contributed by atoms with Crippen molar-refractivity contribution < 1.29 is 0 Å². The Hall–Kier alpha value is -0.860. The lowest BCUT2D eigenvalue weighted by atomic mass is 10.1. The highest BCUT2D eigenvalue weighted by molar-refractivity contribution is 5.21. The van der Waals surface area contributed by atoms with Gasteiger partial charge in [-0.05, 0) is 51.4 Å². The molecule has 2 N–H and O–H groups in total. The van der Waals surface area contributed by atoms with Gasteiger partial charge in [-0.1, -0.05) is 43.7 Å². The van der Waals surface area contributed by atoms with Gasteiger partial charge in [-0.25, -0.2) is 0 Å². The number of hydrogen-bond donors (Lipinski definition) is 2. The van der Waals surface area contributed by atoms with Crippen LogP contribution in [-0.4, -0.2) is 25.7 Å². The Morgan fingerprint density at radius 1 is 0.944 bits per heavy atom. The van der Waals surface area contributed by atoms with Crippen molar-refractivity contribution in [3.63, 3.8) is 0 Å². The predicted molar refractivity (Wildman–Crippen MR) is 80.1 cm³/mol. The quantitative estimate of drug-likeness (QED) is 0.657. The minimum absolute atomic E-state index is 0.603. The fourth-order valence-corrected chi connectivity index (χ4v) is 1.90. The maximum absolute atomic E-state index is 3.50. The molecule has 0 heterocycles. The van der Waals surface area contributed by atoms with Crippen LogP contribution >= 0.6 is 0 Å². The zero-order valence-corrected chi connectivity index (χ0v) is 12.1. The Bertz CT molecular complexity index is 303. The number of benzene rings is 1. The fourth-order valence-electron chi connectivity index (χ4n) is 1.90. The van der Waals surface area contributed by atoms with E-state index in [1.165, 1.54) is 30.4 Å². The predicted octanol–water partition coefficient (Wildman–Crippen LogP) is 2.91. The summed E-state index contributed by atoms with van der Waals surface area (Å²) in [6.45, 7) is 9.87.